The molecule has 0 aliphatic rings. The Labute approximate surface area is 119 Å². The largest absolute Gasteiger partial charge is 0.347 e. The van der Waals surface area contributed by atoms with Crippen molar-refractivity contribution in [3.05, 3.63) is 57.8 Å². The van der Waals surface area contributed by atoms with Gasteiger partial charge in [0.2, 0.25) is 0 Å². The van der Waals surface area contributed by atoms with Gasteiger partial charge in [0.15, 0.2) is 0 Å². The zero-order chi connectivity index (χ0) is 14.0. The Morgan fingerprint density at radius 1 is 1.32 bits per heavy atom. The maximum atomic E-state index is 13.9. The van der Waals surface area contributed by atoms with Gasteiger partial charge in [-0.05, 0) is 47.1 Å². The van der Waals surface area contributed by atoms with Crippen LogP contribution in [0, 0.1) is 11.6 Å². The molecule has 0 saturated carbocycles. The molecule has 2 N–H and O–H groups in total. The predicted octanol–water partition coefficient (Wildman–Crippen LogP) is 3.47. The van der Waals surface area contributed by atoms with Crippen LogP contribution in [0.4, 0.5) is 8.78 Å². The first-order chi connectivity index (χ1) is 8.99. The number of aromatic nitrogens is 1. The van der Waals surface area contributed by atoms with Gasteiger partial charge in [-0.1, -0.05) is 0 Å². The standard InChI is InChI=1S/C14H15BrF2N2/c1-9(18)7-10-3-2-6-19(10)8-11-13(16)5-4-12(15)14(11)17/h2-6,9H,7-8,18H2,1H3. The van der Waals surface area contributed by atoms with Crippen LogP contribution in [0.2, 0.25) is 0 Å². The minimum absolute atomic E-state index is 0.00542. The molecule has 0 amide bonds. The van der Waals surface area contributed by atoms with Crippen LogP contribution in [-0.2, 0) is 13.0 Å². The molecule has 0 aliphatic carbocycles. The molecule has 0 radical (unpaired) electrons. The molecule has 2 nitrogen and oxygen atoms in total. The van der Waals surface area contributed by atoms with Crippen molar-refractivity contribution < 1.29 is 8.78 Å². The van der Waals surface area contributed by atoms with Gasteiger partial charge in [0.05, 0.1) is 11.0 Å². The summed E-state index contributed by atoms with van der Waals surface area (Å²) in [5.41, 5.74) is 6.78. The van der Waals surface area contributed by atoms with Crippen LogP contribution in [0.15, 0.2) is 34.9 Å². The molecule has 5 heteroatoms. The molecule has 0 bridgehead atoms. The van der Waals surface area contributed by atoms with E-state index in [4.69, 9.17) is 5.73 Å². The molecule has 1 aromatic carbocycles. The molecule has 2 rings (SSSR count). The minimum atomic E-state index is -0.555. The van der Waals surface area contributed by atoms with Crippen LogP contribution >= 0.6 is 15.9 Å². The third kappa shape index (κ3) is 3.22. The monoisotopic (exact) mass is 328 g/mol. The summed E-state index contributed by atoms with van der Waals surface area (Å²) in [6, 6.07) is 6.40. The molecule has 2 aromatic rings. The van der Waals surface area contributed by atoms with Crippen molar-refractivity contribution >= 4 is 15.9 Å². The number of hydrogen-bond donors (Lipinski definition) is 1. The average Bonchev–Trinajstić information content (AvgIpc) is 2.76. The van der Waals surface area contributed by atoms with E-state index in [9.17, 15) is 8.78 Å². The topological polar surface area (TPSA) is 30.9 Å². The van der Waals surface area contributed by atoms with Gasteiger partial charge in [0.1, 0.15) is 11.6 Å². The van der Waals surface area contributed by atoms with Gasteiger partial charge in [-0.3, -0.25) is 0 Å². The van der Waals surface area contributed by atoms with E-state index in [1.54, 1.807) is 6.20 Å². The van der Waals surface area contributed by atoms with Crippen molar-refractivity contribution in [1.82, 2.24) is 4.57 Å². The molecule has 0 spiro atoms. The van der Waals surface area contributed by atoms with Crippen LogP contribution in [0.3, 0.4) is 0 Å². The highest BCUT2D eigenvalue weighted by Crippen LogP contribution is 2.23. The fourth-order valence-electron chi connectivity index (χ4n) is 2.00. The summed E-state index contributed by atoms with van der Waals surface area (Å²) in [6.45, 7) is 2.06. The van der Waals surface area contributed by atoms with E-state index < -0.39 is 11.6 Å². The van der Waals surface area contributed by atoms with E-state index >= 15 is 0 Å². The molecule has 19 heavy (non-hydrogen) atoms. The number of halogens is 3. The van der Waals surface area contributed by atoms with Gasteiger partial charge in [-0.15, -0.1) is 0 Å². The SMILES string of the molecule is CC(N)Cc1cccn1Cc1c(F)ccc(Br)c1F. The Morgan fingerprint density at radius 2 is 2.05 bits per heavy atom. The van der Waals surface area contributed by atoms with Crippen molar-refractivity contribution in [1.29, 1.82) is 0 Å². The Bertz CT molecular complexity index is 579. The van der Waals surface area contributed by atoms with Crippen molar-refractivity contribution in [3.8, 4) is 0 Å². The Balaban J connectivity index is 2.32. The molecule has 1 atom stereocenters. The van der Waals surface area contributed by atoms with Crippen molar-refractivity contribution in [2.75, 3.05) is 0 Å². The summed E-state index contributed by atoms with van der Waals surface area (Å²) >= 11 is 3.07. The van der Waals surface area contributed by atoms with Crippen molar-refractivity contribution in [3.63, 3.8) is 0 Å². The van der Waals surface area contributed by atoms with Gasteiger partial charge >= 0.3 is 0 Å². The molecule has 0 aliphatic heterocycles. The Kier molecular flexibility index (Phi) is 4.37. The molecule has 1 heterocycles. The highest BCUT2D eigenvalue weighted by Gasteiger charge is 2.14. The summed E-state index contributed by atoms with van der Waals surface area (Å²) in [5.74, 6) is -1.10. The van der Waals surface area contributed by atoms with E-state index in [2.05, 4.69) is 15.9 Å². The lowest BCUT2D eigenvalue weighted by molar-refractivity contribution is 0.536. The van der Waals surface area contributed by atoms with Crippen LogP contribution in [-0.4, -0.2) is 10.6 Å². The maximum absolute atomic E-state index is 13.9. The average molecular weight is 329 g/mol. The number of nitrogens with two attached hydrogens (primary N) is 1. The first-order valence-corrected chi connectivity index (χ1v) is 6.80. The second kappa shape index (κ2) is 5.84. The van der Waals surface area contributed by atoms with E-state index in [-0.39, 0.29) is 22.6 Å². The second-order valence-electron chi connectivity index (χ2n) is 4.63. The summed E-state index contributed by atoms with van der Waals surface area (Å²) in [4.78, 5) is 0. The summed E-state index contributed by atoms with van der Waals surface area (Å²) in [7, 11) is 0. The van der Waals surface area contributed by atoms with Crippen LogP contribution in [0.1, 0.15) is 18.2 Å². The van der Waals surface area contributed by atoms with Crippen LogP contribution in [0.25, 0.3) is 0 Å². The van der Waals surface area contributed by atoms with Gasteiger partial charge in [-0.25, -0.2) is 8.78 Å². The zero-order valence-corrected chi connectivity index (χ0v) is 12.1. The second-order valence-corrected chi connectivity index (χ2v) is 5.48. The minimum Gasteiger partial charge on any atom is -0.347 e. The van der Waals surface area contributed by atoms with E-state index in [1.807, 2.05) is 23.6 Å². The molecule has 0 saturated heterocycles. The van der Waals surface area contributed by atoms with Gasteiger partial charge < -0.3 is 10.3 Å². The summed E-state index contributed by atoms with van der Waals surface area (Å²) in [6.07, 6.45) is 2.47. The number of nitrogens with zero attached hydrogens (tertiary/aromatic N) is 1. The number of rotatable bonds is 4. The Morgan fingerprint density at radius 3 is 2.74 bits per heavy atom. The molecule has 0 fully saturated rings. The van der Waals surface area contributed by atoms with Crippen molar-refractivity contribution in [2.45, 2.75) is 25.9 Å². The lowest BCUT2D eigenvalue weighted by Gasteiger charge is -2.13. The zero-order valence-electron chi connectivity index (χ0n) is 10.5. The Hall–Kier alpha value is -1.20. The normalized spacial score (nSPS) is 12.7. The summed E-state index contributed by atoms with van der Waals surface area (Å²) in [5, 5.41) is 0. The molecule has 1 aromatic heterocycles. The fourth-order valence-corrected chi connectivity index (χ4v) is 2.37. The maximum Gasteiger partial charge on any atom is 0.145 e. The highest BCUT2D eigenvalue weighted by atomic mass is 79.9. The molecular formula is C14H15BrF2N2. The molecule has 102 valence electrons. The third-order valence-corrected chi connectivity index (χ3v) is 3.53. The first-order valence-electron chi connectivity index (χ1n) is 6.01. The van der Waals surface area contributed by atoms with Crippen molar-refractivity contribution in [2.24, 2.45) is 5.73 Å². The quantitative estimate of drug-likeness (QED) is 0.856. The highest BCUT2D eigenvalue weighted by molar-refractivity contribution is 9.10. The smallest absolute Gasteiger partial charge is 0.145 e. The van der Waals surface area contributed by atoms with E-state index in [0.29, 0.717) is 6.42 Å². The first kappa shape index (κ1) is 14.2. The lowest BCUT2D eigenvalue weighted by atomic mass is 10.1. The van der Waals surface area contributed by atoms with Gasteiger partial charge in [0.25, 0.3) is 0 Å². The van der Waals surface area contributed by atoms with Gasteiger partial charge in [0, 0.05) is 29.9 Å². The number of hydrogen-bond acceptors (Lipinski definition) is 1. The third-order valence-electron chi connectivity index (χ3n) is 2.92. The predicted molar refractivity (Wildman–Crippen MR) is 74.9 cm³/mol. The van der Waals surface area contributed by atoms with E-state index in [0.717, 1.165) is 5.69 Å². The lowest BCUT2D eigenvalue weighted by Crippen LogP contribution is -2.20. The van der Waals surface area contributed by atoms with Gasteiger partial charge in [-0.2, -0.15) is 0 Å². The number of benzene rings is 1. The molecular weight excluding hydrogens is 314 g/mol. The molecule has 1 unspecified atom stereocenters. The fraction of sp³-hybridized carbons (Fsp3) is 0.286. The van der Waals surface area contributed by atoms with Crippen LogP contribution in [0.5, 0.6) is 0 Å². The van der Waals surface area contributed by atoms with E-state index in [1.165, 1.54) is 12.1 Å². The summed E-state index contributed by atoms with van der Waals surface area (Å²) < 4.78 is 29.7. The van der Waals surface area contributed by atoms with Crippen LogP contribution < -0.4 is 5.73 Å².